The van der Waals surface area contributed by atoms with E-state index in [4.69, 9.17) is 9.15 Å². The first-order valence-electron chi connectivity index (χ1n) is 7.73. The number of hydrogen-bond donors (Lipinski definition) is 0. The molecule has 0 spiro atoms. The molecular weight excluding hydrogens is 306 g/mol. The Hall–Kier alpha value is -3.15. The number of hydrogen-bond acceptors (Lipinski definition) is 5. The number of para-hydroxylation sites is 4. The van der Waals surface area contributed by atoms with Gasteiger partial charge in [0.1, 0.15) is 12.1 Å². The normalized spacial score (nSPS) is 11.2. The van der Waals surface area contributed by atoms with E-state index in [9.17, 15) is 4.79 Å². The molecule has 4 aromatic rings. The number of fused-ring (bicyclic) bond motifs is 2. The molecule has 4 rings (SSSR count). The second-order valence-corrected chi connectivity index (χ2v) is 5.30. The van der Waals surface area contributed by atoms with Crippen LogP contribution in [0.1, 0.15) is 6.92 Å². The molecule has 0 atom stereocenters. The lowest BCUT2D eigenvalue weighted by Gasteiger charge is -2.06. The summed E-state index contributed by atoms with van der Waals surface area (Å²) in [6.07, 6.45) is 0. The van der Waals surface area contributed by atoms with E-state index in [1.54, 1.807) is 11.5 Å². The van der Waals surface area contributed by atoms with Crippen molar-refractivity contribution in [1.29, 1.82) is 0 Å². The topological polar surface area (TPSA) is 70.2 Å². The smallest absolute Gasteiger partial charge is 0.326 e. The van der Waals surface area contributed by atoms with Gasteiger partial charge in [-0.1, -0.05) is 24.3 Å². The fourth-order valence-corrected chi connectivity index (χ4v) is 2.70. The molecule has 0 amide bonds. The van der Waals surface area contributed by atoms with Crippen LogP contribution in [0.2, 0.25) is 0 Å². The number of oxazole rings is 1. The van der Waals surface area contributed by atoms with Gasteiger partial charge in [0.05, 0.1) is 17.6 Å². The van der Waals surface area contributed by atoms with E-state index in [0.717, 1.165) is 16.6 Å². The Morgan fingerprint density at radius 2 is 1.83 bits per heavy atom. The Morgan fingerprint density at radius 3 is 2.62 bits per heavy atom. The van der Waals surface area contributed by atoms with Crippen molar-refractivity contribution < 1.29 is 13.9 Å². The molecule has 0 saturated carbocycles. The molecule has 0 fully saturated rings. The van der Waals surface area contributed by atoms with Crippen molar-refractivity contribution in [2.75, 3.05) is 6.61 Å². The van der Waals surface area contributed by atoms with Gasteiger partial charge in [-0.25, -0.2) is 9.97 Å². The quantitative estimate of drug-likeness (QED) is 0.539. The van der Waals surface area contributed by atoms with Gasteiger partial charge < -0.3 is 13.7 Å². The molecule has 2 heterocycles. The molecule has 2 aromatic carbocycles. The van der Waals surface area contributed by atoms with Crippen LogP contribution in [0.5, 0.6) is 0 Å². The summed E-state index contributed by atoms with van der Waals surface area (Å²) in [4.78, 5) is 21.1. The minimum atomic E-state index is -0.321. The van der Waals surface area contributed by atoms with Gasteiger partial charge in [-0.3, -0.25) is 4.79 Å². The van der Waals surface area contributed by atoms with E-state index in [-0.39, 0.29) is 12.5 Å². The number of esters is 1. The zero-order chi connectivity index (χ0) is 16.5. The van der Waals surface area contributed by atoms with Crippen LogP contribution in [-0.4, -0.2) is 27.1 Å². The van der Waals surface area contributed by atoms with Crippen molar-refractivity contribution in [3.05, 3.63) is 48.5 Å². The van der Waals surface area contributed by atoms with Crippen molar-refractivity contribution in [1.82, 2.24) is 14.5 Å². The van der Waals surface area contributed by atoms with Crippen LogP contribution < -0.4 is 0 Å². The van der Waals surface area contributed by atoms with Gasteiger partial charge in [0.2, 0.25) is 0 Å². The molecule has 24 heavy (non-hydrogen) atoms. The molecule has 0 saturated heterocycles. The number of nitrogens with zero attached hydrogens (tertiary/aromatic N) is 3. The highest BCUT2D eigenvalue weighted by Crippen LogP contribution is 2.27. The summed E-state index contributed by atoms with van der Waals surface area (Å²) in [5.74, 6) is 0.579. The number of benzene rings is 2. The lowest BCUT2D eigenvalue weighted by molar-refractivity contribution is -0.143. The molecule has 6 heteroatoms. The van der Waals surface area contributed by atoms with Crippen molar-refractivity contribution in [3.63, 3.8) is 0 Å². The average molecular weight is 321 g/mol. The lowest BCUT2D eigenvalue weighted by Crippen LogP contribution is -2.14. The average Bonchev–Trinajstić information content (AvgIpc) is 3.17. The Bertz CT molecular complexity index is 999. The molecule has 120 valence electrons. The second kappa shape index (κ2) is 5.81. The number of carbonyl (C=O) groups excluding carboxylic acids is 1. The van der Waals surface area contributed by atoms with Crippen LogP contribution >= 0.6 is 0 Å². The van der Waals surface area contributed by atoms with E-state index in [0.29, 0.717) is 23.9 Å². The highest BCUT2D eigenvalue weighted by molar-refractivity contribution is 5.83. The third-order valence-corrected chi connectivity index (χ3v) is 3.73. The Morgan fingerprint density at radius 1 is 1.08 bits per heavy atom. The van der Waals surface area contributed by atoms with Gasteiger partial charge in [-0.2, -0.15) is 0 Å². The molecule has 0 aliphatic carbocycles. The van der Waals surface area contributed by atoms with E-state index in [1.807, 2.05) is 48.5 Å². The molecule has 0 N–H and O–H groups in total. The zero-order valence-electron chi connectivity index (χ0n) is 13.1. The summed E-state index contributed by atoms with van der Waals surface area (Å²) < 4.78 is 12.7. The molecule has 0 aliphatic rings. The molecule has 0 aliphatic heterocycles. The first-order valence-corrected chi connectivity index (χ1v) is 7.73. The maximum absolute atomic E-state index is 12.0. The van der Waals surface area contributed by atoms with Gasteiger partial charge in [0.15, 0.2) is 11.4 Å². The number of imidazole rings is 1. The summed E-state index contributed by atoms with van der Waals surface area (Å²) in [6.45, 7) is 2.18. The fourth-order valence-electron chi connectivity index (χ4n) is 2.70. The number of ether oxygens (including phenoxy) is 1. The van der Waals surface area contributed by atoms with E-state index in [1.165, 1.54) is 0 Å². The van der Waals surface area contributed by atoms with E-state index >= 15 is 0 Å². The minimum Gasteiger partial charge on any atom is -0.465 e. The lowest BCUT2D eigenvalue weighted by atomic mass is 10.3. The van der Waals surface area contributed by atoms with Gasteiger partial charge >= 0.3 is 5.97 Å². The fraction of sp³-hybridized carbons (Fsp3) is 0.167. The number of aromatic nitrogens is 3. The highest BCUT2D eigenvalue weighted by Gasteiger charge is 2.19. The minimum absolute atomic E-state index is 0.0579. The summed E-state index contributed by atoms with van der Waals surface area (Å²) in [6, 6.07) is 15.1. The first kappa shape index (κ1) is 14.4. The van der Waals surface area contributed by atoms with Crippen molar-refractivity contribution >= 4 is 28.1 Å². The monoisotopic (exact) mass is 321 g/mol. The largest absolute Gasteiger partial charge is 0.465 e. The van der Waals surface area contributed by atoms with Crippen LogP contribution in [0, 0.1) is 0 Å². The van der Waals surface area contributed by atoms with Crippen LogP contribution in [0.15, 0.2) is 52.9 Å². The zero-order valence-corrected chi connectivity index (χ0v) is 13.1. The molecule has 0 radical (unpaired) electrons. The van der Waals surface area contributed by atoms with Gasteiger partial charge in [0.25, 0.3) is 5.89 Å². The van der Waals surface area contributed by atoms with Crippen LogP contribution in [0.4, 0.5) is 0 Å². The Balaban J connectivity index is 1.88. The first-order chi connectivity index (χ1) is 11.8. The summed E-state index contributed by atoms with van der Waals surface area (Å²) in [7, 11) is 0. The molecule has 0 unspecified atom stereocenters. The summed E-state index contributed by atoms with van der Waals surface area (Å²) in [5, 5.41) is 0. The predicted octanol–water partition coefficient (Wildman–Crippen LogP) is 3.41. The van der Waals surface area contributed by atoms with Gasteiger partial charge in [0, 0.05) is 0 Å². The third-order valence-electron chi connectivity index (χ3n) is 3.73. The SMILES string of the molecule is CCOC(=O)Cn1c(-c2nc3ccccc3o2)nc2ccccc21. The van der Waals surface area contributed by atoms with E-state index < -0.39 is 0 Å². The molecule has 0 bridgehead atoms. The van der Waals surface area contributed by atoms with Crippen molar-refractivity contribution in [2.45, 2.75) is 13.5 Å². The van der Waals surface area contributed by atoms with Crippen molar-refractivity contribution in [3.8, 4) is 11.7 Å². The molecule has 2 aromatic heterocycles. The van der Waals surface area contributed by atoms with Crippen LogP contribution in [0.25, 0.3) is 33.8 Å². The number of carbonyl (C=O) groups is 1. The Kier molecular flexibility index (Phi) is 3.49. The standard InChI is InChI=1S/C18H15N3O3/c1-2-23-16(22)11-21-14-9-5-3-7-12(14)19-17(21)18-20-13-8-4-6-10-15(13)24-18/h3-10H,2,11H2,1H3. The van der Waals surface area contributed by atoms with Gasteiger partial charge in [-0.15, -0.1) is 0 Å². The summed E-state index contributed by atoms with van der Waals surface area (Å²) >= 11 is 0. The second-order valence-electron chi connectivity index (χ2n) is 5.30. The van der Waals surface area contributed by atoms with Crippen molar-refractivity contribution in [2.24, 2.45) is 0 Å². The predicted molar refractivity (Wildman–Crippen MR) is 89.4 cm³/mol. The maximum Gasteiger partial charge on any atom is 0.326 e. The van der Waals surface area contributed by atoms with E-state index in [2.05, 4.69) is 9.97 Å². The van der Waals surface area contributed by atoms with Gasteiger partial charge in [-0.05, 0) is 31.2 Å². The Labute approximate surface area is 137 Å². The third kappa shape index (κ3) is 2.42. The van der Waals surface area contributed by atoms with Crippen LogP contribution in [-0.2, 0) is 16.1 Å². The summed E-state index contributed by atoms with van der Waals surface area (Å²) in [5.41, 5.74) is 3.05. The maximum atomic E-state index is 12.0. The molecular formula is C18H15N3O3. The molecule has 6 nitrogen and oxygen atoms in total. The van der Waals surface area contributed by atoms with Crippen LogP contribution in [0.3, 0.4) is 0 Å². The highest BCUT2D eigenvalue weighted by atomic mass is 16.5. The number of rotatable bonds is 4.